The molecule has 26 heavy (non-hydrogen) atoms. The number of nitrogens with zero attached hydrogens (tertiary/aromatic N) is 4. The number of hydrogen-bond acceptors (Lipinski definition) is 3. The molecule has 0 aliphatic carbocycles. The van der Waals surface area contributed by atoms with Crippen LogP contribution in [0.15, 0.2) is 24.3 Å². The van der Waals surface area contributed by atoms with E-state index in [0.717, 1.165) is 28.1 Å². The number of rotatable bonds is 6. The summed E-state index contributed by atoms with van der Waals surface area (Å²) in [6.07, 6.45) is 0. The quantitative estimate of drug-likeness (QED) is 0.793. The molecular formula is C21H32N4O. The Labute approximate surface area is 157 Å². The highest BCUT2D eigenvalue weighted by Gasteiger charge is 2.28. The lowest BCUT2D eigenvalue weighted by molar-refractivity contribution is -0.135. The molecule has 142 valence electrons. The van der Waals surface area contributed by atoms with E-state index in [0.29, 0.717) is 12.6 Å². The van der Waals surface area contributed by atoms with Crippen molar-refractivity contribution in [2.45, 2.75) is 53.2 Å². The summed E-state index contributed by atoms with van der Waals surface area (Å²) in [6.45, 7) is 11.0. The molecule has 0 aliphatic rings. The van der Waals surface area contributed by atoms with E-state index in [-0.39, 0.29) is 11.9 Å². The van der Waals surface area contributed by atoms with E-state index >= 15 is 0 Å². The van der Waals surface area contributed by atoms with Crippen molar-refractivity contribution in [3.63, 3.8) is 0 Å². The van der Waals surface area contributed by atoms with E-state index in [9.17, 15) is 4.79 Å². The van der Waals surface area contributed by atoms with E-state index in [1.54, 1.807) is 0 Å². The van der Waals surface area contributed by atoms with Crippen LogP contribution in [-0.2, 0) is 11.3 Å². The fourth-order valence-corrected chi connectivity index (χ4v) is 3.48. The van der Waals surface area contributed by atoms with Crippen LogP contribution < -0.4 is 0 Å². The molecule has 0 spiro atoms. The highest BCUT2D eigenvalue weighted by atomic mass is 16.2. The van der Waals surface area contributed by atoms with E-state index in [1.165, 1.54) is 0 Å². The van der Waals surface area contributed by atoms with Crippen LogP contribution in [0.1, 0.15) is 54.0 Å². The van der Waals surface area contributed by atoms with Crippen molar-refractivity contribution in [1.82, 2.24) is 19.6 Å². The molecule has 1 amide bonds. The van der Waals surface area contributed by atoms with Crippen molar-refractivity contribution in [1.29, 1.82) is 0 Å². The summed E-state index contributed by atoms with van der Waals surface area (Å²) in [7, 11) is 5.79. The van der Waals surface area contributed by atoms with Gasteiger partial charge in [0.15, 0.2) is 0 Å². The zero-order valence-corrected chi connectivity index (χ0v) is 17.4. The zero-order valence-electron chi connectivity index (χ0n) is 17.4. The number of benzene rings is 1. The molecule has 1 aromatic carbocycles. The molecule has 2 aromatic rings. The Kier molecular flexibility index (Phi) is 6.24. The third-order valence-corrected chi connectivity index (χ3v) is 4.97. The molecule has 1 heterocycles. The fraction of sp³-hybridized carbons (Fsp3) is 0.524. The number of amides is 1. The molecule has 0 saturated carbocycles. The van der Waals surface area contributed by atoms with Crippen LogP contribution in [-0.4, -0.2) is 46.6 Å². The SMILES string of the molecule is Cc1ccccc1C(C(=O)N(C)Cc1c(C)nn(C(C)C)c1C)N(C)C. The lowest BCUT2D eigenvalue weighted by Crippen LogP contribution is -2.38. The van der Waals surface area contributed by atoms with Crippen molar-refractivity contribution in [3.8, 4) is 0 Å². The Morgan fingerprint density at radius 2 is 1.73 bits per heavy atom. The van der Waals surface area contributed by atoms with Crippen molar-refractivity contribution in [2.75, 3.05) is 21.1 Å². The average molecular weight is 357 g/mol. The lowest BCUT2D eigenvalue weighted by Gasteiger charge is -2.29. The third-order valence-electron chi connectivity index (χ3n) is 4.97. The van der Waals surface area contributed by atoms with Gasteiger partial charge in [-0.1, -0.05) is 24.3 Å². The van der Waals surface area contributed by atoms with Gasteiger partial charge in [0, 0.05) is 30.9 Å². The van der Waals surface area contributed by atoms with Gasteiger partial charge in [0.2, 0.25) is 5.91 Å². The van der Waals surface area contributed by atoms with Crippen LogP contribution in [0.25, 0.3) is 0 Å². The molecule has 0 N–H and O–H groups in total. The topological polar surface area (TPSA) is 41.4 Å². The van der Waals surface area contributed by atoms with Crippen LogP contribution in [0, 0.1) is 20.8 Å². The Hall–Kier alpha value is -2.14. The maximum Gasteiger partial charge on any atom is 0.244 e. The number of likely N-dealkylation sites (N-methyl/N-ethyl adjacent to an activating group) is 2. The van der Waals surface area contributed by atoms with E-state index in [1.807, 2.05) is 60.7 Å². The number of aryl methyl sites for hydroxylation is 2. The van der Waals surface area contributed by atoms with Crippen molar-refractivity contribution < 1.29 is 4.79 Å². The maximum atomic E-state index is 13.3. The van der Waals surface area contributed by atoms with Crippen LogP contribution in [0.2, 0.25) is 0 Å². The summed E-state index contributed by atoms with van der Waals surface area (Å²) in [6, 6.07) is 8.12. The number of aromatic nitrogens is 2. The molecule has 0 bridgehead atoms. The first-order valence-corrected chi connectivity index (χ1v) is 9.16. The molecule has 0 saturated heterocycles. The van der Waals surface area contributed by atoms with Gasteiger partial charge >= 0.3 is 0 Å². The first-order valence-electron chi connectivity index (χ1n) is 9.16. The summed E-state index contributed by atoms with van der Waals surface area (Å²) >= 11 is 0. The second kappa shape index (κ2) is 8.04. The van der Waals surface area contributed by atoms with Crippen molar-refractivity contribution in [2.24, 2.45) is 0 Å². The Morgan fingerprint density at radius 3 is 2.23 bits per heavy atom. The van der Waals surface area contributed by atoms with E-state index in [2.05, 4.69) is 38.9 Å². The molecular weight excluding hydrogens is 324 g/mol. The van der Waals surface area contributed by atoms with Gasteiger partial charge in [-0.15, -0.1) is 0 Å². The van der Waals surface area contributed by atoms with Crippen molar-refractivity contribution >= 4 is 5.91 Å². The molecule has 1 unspecified atom stereocenters. The predicted octanol–water partition coefficient (Wildman–Crippen LogP) is 3.65. The van der Waals surface area contributed by atoms with Gasteiger partial charge in [0.1, 0.15) is 6.04 Å². The largest absolute Gasteiger partial charge is 0.340 e. The van der Waals surface area contributed by atoms with E-state index in [4.69, 9.17) is 0 Å². The summed E-state index contributed by atoms with van der Waals surface area (Å²) in [5.74, 6) is 0.0976. The Morgan fingerprint density at radius 1 is 1.12 bits per heavy atom. The first-order chi connectivity index (χ1) is 12.1. The molecule has 0 fully saturated rings. The predicted molar refractivity (Wildman–Crippen MR) is 106 cm³/mol. The lowest BCUT2D eigenvalue weighted by atomic mass is 9.99. The Balaban J connectivity index is 2.30. The minimum Gasteiger partial charge on any atom is -0.340 e. The summed E-state index contributed by atoms with van der Waals surface area (Å²) in [5.41, 5.74) is 5.45. The first kappa shape index (κ1) is 20.2. The second-order valence-electron chi connectivity index (χ2n) is 7.60. The summed E-state index contributed by atoms with van der Waals surface area (Å²) < 4.78 is 2.04. The van der Waals surface area contributed by atoms with Gasteiger partial charge < -0.3 is 4.90 Å². The molecule has 0 aliphatic heterocycles. The van der Waals surface area contributed by atoms with Gasteiger partial charge in [-0.25, -0.2) is 0 Å². The van der Waals surface area contributed by atoms with Gasteiger partial charge in [0.05, 0.1) is 5.69 Å². The minimum atomic E-state index is -0.290. The number of hydrogen-bond donors (Lipinski definition) is 0. The second-order valence-corrected chi connectivity index (χ2v) is 7.60. The molecule has 2 rings (SSSR count). The third kappa shape index (κ3) is 3.98. The summed E-state index contributed by atoms with van der Waals surface area (Å²) in [4.78, 5) is 17.1. The maximum absolute atomic E-state index is 13.3. The monoisotopic (exact) mass is 356 g/mol. The Bertz CT molecular complexity index is 776. The van der Waals surface area contributed by atoms with Crippen molar-refractivity contribution in [3.05, 3.63) is 52.3 Å². The highest BCUT2D eigenvalue weighted by molar-refractivity contribution is 5.83. The van der Waals surface area contributed by atoms with E-state index < -0.39 is 0 Å². The average Bonchev–Trinajstić information content (AvgIpc) is 2.84. The van der Waals surface area contributed by atoms with Gasteiger partial charge in [-0.05, 0) is 59.8 Å². The summed E-state index contributed by atoms with van der Waals surface area (Å²) in [5, 5.41) is 4.64. The standard InChI is InChI=1S/C21H32N4O/c1-14(2)25-17(5)19(16(4)22-25)13-24(8)21(26)20(23(6)7)18-12-10-9-11-15(18)3/h9-12,14,20H,13H2,1-8H3. The van der Waals surface area contributed by atoms with Gasteiger partial charge in [-0.3, -0.25) is 14.4 Å². The minimum absolute atomic E-state index is 0.0976. The normalized spacial score (nSPS) is 12.7. The number of carbonyl (C=O) groups is 1. The fourth-order valence-electron chi connectivity index (χ4n) is 3.48. The molecule has 5 nitrogen and oxygen atoms in total. The molecule has 0 radical (unpaired) electrons. The van der Waals surface area contributed by atoms with Crippen LogP contribution in [0.5, 0.6) is 0 Å². The van der Waals surface area contributed by atoms with Gasteiger partial charge in [0.25, 0.3) is 0 Å². The van der Waals surface area contributed by atoms with Crippen LogP contribution in [0.4, 0.5) is 0 Å². The highest BCUT2D eigenvalue weighted by Crippen LogP contribution is 2.25. The molecule has 5 heteroatoms. The van der Waals surface area contributed by atoms with Crippen LogP contribution in [0.3, 0.4) is 0 Å². The number of carbonyl (C=O) groups excluding carboxylic acids is 1. The van der Waals surface area contributed by atoms with Gasteiger partial charge in [-0.2, -0.15) is 5.10 Å². The smallest absolute Gasteiger partial charge is 0.244 e. The molecule has 1 atom stereocenters. The van der Waals surface area contributed by atoms with Crippen LogP contribution >= 0.6 is 0 Å². The zero-order chi connectivity index (χ0) is 19.6. The molecule has 1 aromatic heterocycles.